The summed E-state index contributed by atoms with van der Waals surface area (Å²) in [5, 5.41) is 4.08. The maximum atomic E-state index is 12.0. The van der Waals surface area contributed by atoms with Crippen molar-refractivity contribution in [3.63, 3.8) is 0 Å². The Labute approximate surface area is 166 Å². The first-order valence-corrected chi connectivity index (χ1v) is 9.74. The number of benzene rings is 1. The summed E-state index contributed by atoms with van der Waals surface area (Å²) in [6.45, 7) is 9.84. The molecule has 2 heterocycles. The van der Waals surface area contributed by atoms with E-state index < -0.39 is 0 Å². The van der Waals surface area contributed by atoms with Crippen molar-refractivity contribution < 1.29 is 14.3 Å². The van der Waals surface area contributed by atoms with Gasteiger partial charge in [0, 0.05) is 30.1 Å². The molecule has 1 atom stereocenters. The van der Waals surface area contributed by atoms with Gasteiger partial charge in [0.25, 0.3) is 5.91 Å². The predicted octanol–water partition coefficient (Wildman–Crippen LogP) is 3.43. The lowest BCUT2D eigenvalue weighted by Gasteiger charge is -2.14. The standard InChI is InChI=1S/C22H29N3O3/c1-15-7-8-20(10-16(15)2)28-14-22(26)24-23-12-19-11-17(3)25(18(19)4)13-21-6-5-9-27-21/h7-8,10-12,21H,5-6,9,13-14H2,1-4H3,(H,24,26)/b23-12-/t21-/m0/s1. The largest absolute Gasteiger partial charge is 0.484 e. The first-order chi connectivity index (χ1) is 13.4. The Bertz CT molecular complexity index is 864. The highest BCUT2D eigenvalue weighted by molar-refractivity contribution is 5.84. The number of ether oxygens (including phenoxy) is 2. The van der Waals surface area contributed by atoms with E-state index in [0.717, 1.165) is 42.8 Å². The number of nitrogens with zero attached hydrogens (tertiary/aromatic N) is 2. The molecule has 0 bridgehead atoms. The van der Waals surface area contributed by atoms with Crippen LogP contribution in [0.15, 0.2) is 29.4 Å². The summed E-state index contributed by atoms with van der Waals surface area (Å²) >= 11 is 0. The first kappa shape index (κ1) is 20.1. The normalized spacial score (nSPS) is 16.6. The Morgan fingerprint density at radius 2 is 2.11 bits per heavy atom. The van der Waals surface area contributed by atoms with E-state index in [1.54, 1.807) is 6.21 Å². The third-order valence-electron chi connectivity index (χ3n) is 5.26. The third-order valence-corrected chi connectivity index (χ3v) is 5.26. The van der Waals surface area contributed by atoms with Crippen molar-refractivity contribution in [3.8, 4) is 5.75 Å². The number of rotatable bonds is 7. The highest BCUT2D eigenvalue weighted by Crippen LogP contribution is 2.19. The topological polar surface area (TPSA) is 64.8 Å². The van der Waals surface area contributed by atoms with Crippen LogP contribution in [0.1, 0.15) is 40.9 Å². The molecule has 0 spiro atoms. The molecule has 0 radical (unpaired) electrons. The lowest BCUT2D eigenvalue weighted by molar-refractivity contribution is -0.123. The van der Waals surface area contributed by atoms with Crippen LogP contribution in [0.3, 0.4) is 0 Å². The Kier molecular flexibility index (Phi) is 6.52. The highest BCUT2D eigenvalue weighted by atomic mass is 16.5. The first-order valence-electron chi connectivity index (χ1n) is 9.74. The molecule has 150 valence electrons. The van der Waals surface area contributed by atoms with Gasteiger partial charge in [0.15, 0.2) is 6.61 Å². The van der Waals surface area contributed by atoms with Gasteiger partial charge in [-0.1, -0.05) is 6.07 Å². The average molecular weight is 383 g/mol. The molecule has 1 aliphatic rings. The molecule has 1 aliphatic heterocycles. The van der Waals surface area contributed by atoms with Gasteiger partial charge in [-0.25, -0.2) is 5.43 Å². The highest BCUT2D eigenvalue weighted by Gasteiger charge is 2.18. The molecule has 1 aromatic carbocycles. The van der Waals surface area contributed by atoms with Crippen LogP contribution in [0.25, 0.3) is 0 Å². The van der Waals surface area contributed by atoms with E-state index in [1.165, 1.54) is 11.3 Å². The summed E-state index contributed by atoms with van der Waals surface area (Å²) in [6.07, 6.45) is 4.21. The quantitative estimate of drug-likeness (QED) is 0.588. The molecule has 1 fully saturated rings. The second-order valence-corrected chi connectivity index (χ2v) is 7.40. The van der Waals surface area contributed by atoms with Gasteiger partial charge in [0.1, 0.15) is 5.75 Å². The number of carbonyl (C=O) groups excluding carboxylic acids is 1. The van der Waals surface area contributed by atoms with Gasteiger partial charge >= 0.3 is 0 Å². The fraction of sp³-hybridized carbons (Fsp3) is 0.455. The van der Waals surface area contributed by atoms with Gasteiger partial charge in [-0.2, -0.15) is 5.10 Å². The Hall–Kier alpha value is -2.60. The number of amides is 1. The van der Waals surface area contributed by atoms with Crippen LogP contribution in [0.5, 0.6) is 5.75 Å². The monoisotopic (exact) mass is 383 g/mol. The zero-order valence-electron chi connectivity index (χ0n) is 17.1. The summed E-state index contributed by atoms with van der Waals surface area (Å²) in [7, 11) is 0. The zero-order valence-corrected chi connectivity index (χ0v) is 17.1. The molecule has 1 aromatic heterocycles. The molecule has 0 saturated carbocycles. The lowest BCUT2D eigenvalue weighted by Crippen LogP contribution is -2.24. The Balaban J connectivity index is 1.52. The number of carbonyl (C=O) groups is 1. The smallest absolute Gasteiger partial charge is 0.277 e. The molecule has 1 saturated heterocycles. The van der Waals surface area contributed by atoms with E-state index >= 15 is 0 Å². The molecule has 3 rings (SSSR count). The SMILES string of the molecule is Cc1ccc(OCC(=O)N/N=C\c2cc(C)n(C[C@@H]3CCCO3)c2C)cc1C. The number of hydrogen-bond acceptors (Lipinski definition) is 4. The fourth-order valence-electron chi connectivity index (χ4n) is 3.39. The lowest BCUT2D eigenvalue weighted by atomic mass is 10.1. The summed E-state index contributed by atoms with van der Waals surface area (Å²) < 4.78 is 13.5. The van der Waals surface area contributed by atoms with Gasteiger partial charge in [0.2, 0.25) is 0 Å². The van der Waals surface area contributed by atoms with Crippen LogP contribution >= 0.6 is 0 Å². The van der Waals surface area contributed by atoms with E-state index in [4.69, 9.17) is 9.47 Å². The van der Waals surface area contributed by atoms with E-state index in [2.05, 4.69) is 35.0 Å². The number of hydrogen-bond donors (Lipinski definition) is 1. The van der Waals surface area contributed by atoms with Crippen molar-refractivity contribution in [3.05, 3.63) is 52.3 Å². The third kappa shape index (κ3) is 5.01. The summed E-state index contributed by atoms with van der Waals surface area (Å²) in [4.78, 5) is 12.0. The fourth-order valence-corrected chi connectivity index (χ4v) is 3.39. The predicted molar refractivity (Wildman–Crippen MR) is 110 cm³/mol. The van der Waals surface area contributed by atoms with Gasteiger partial charge < -0.3 is 14.0 Å². The number of hydrazone groups is 1. The molecule has 1 N–H and O–H groups in total. The van der Waals surface area contributed by atoms with E-state index in [-0.39, 0.29) is 18.6 Å². The molecule has 0 unspecified atom stereocenters. The van der Waals surface area contributed by atoms with Crippen molar-refractivity contribution in [1.29, 1.82) is 0 Å². The Morgan fingerprint density at radius 3 is 2.82 bits per heavy atom. The summed E-state index contributed by atoms with van der Waals surface area (Å²) in [6, 6.07) is 7.84. The second kappa shape index (κ2) is 9.06. The summed E-state index contributed by atoms with van der Waals surface area (Å²) in [5.74, 6) is 0.391. The molecular formula is C22H29N3O3. The van der Waals surface area contributed by atoms with E-state index in [9.17, 15) is 4.79 Å². The Morgan fingerprint density at radius 1 is 1.29 bits per heavy atom. The number of aromatic nitrogens is 1. The van der Waals surface area contributed by atoms with Crippen LogP contribution in [0.4, 0.5) is 0 Å². The molecule has 28 heavy (non-hydrogen) atoms. The van der Waals surface area contributed by atoms with Gasteiger partial charge in [-0.3, -0.25) is 4.79 Å². The maximum Gasteiger partial charge on any atom is 0.277 e. The molecule has 2 aromatic rings. The van der Waals surface area contributed by atoms with Gasteiger partial charge in [0.05, 0.1) is 12.3 Å². The molecule has 1 amide bonds. The van der Waals surface area contributed by atoms with E-state index in [0.29, 0.717) is 5.75 Å². The van der Waals surface area contributed by atoms with Crippen molar-refractivity contribution in [1.82, 2.24) is 9.99 Å². The van der Waals surface area contributed by atoms with Crippen LogP contribution in [-0.2, 0) is 16.1 Å². The van der Waals surface area contributed by atoms with Crippen LogP contribution in [0.2, 0.25) is 0 Å². The molecule has 0 aliphatic carbocycles. The minimum atomic E-state index is -0.289. The molecule has 6 nitrogen and oxygen atoms in total. The maximum absolute atomic E-state index is 12.0. The van der Waals surface area contributed by atoms with E-state index in [1.807, 2.05) is 32.0 Å². The number of nitrogens with one attached hydrogen (secondary N) is 1. The second-order valence-electron chi connectivity index (χ2n) is 7.40. The minimum absolute atomic E-state index is 0.0715. The molecular weight excluding hydrogens is 354 g/mol. The van der Waals surface area contributed by atoms with Crippen molar-refractivity contribution in [2.45, 2.75) is 53.2 Å². The summed E-state index contributed by atoms with van der Waals surface area (Å²) in [5.41, 5.74) is 8.13. The van der Waals surface area contributed by atoms with Crippen LogP contribution < -0.4 is 10.2 Å². The van der Waals surface area contributed by atoms with Gasteiger partial charge in [-0.15, -0.1) is 0 Å². The number of aryl methyl sites for hydroxylation is 3. The van der Waals surface area contributed by atoms with Crippen LogP contribution in [0, 0.1) is 27.7 Å². The zero-order chi connectivity index (χ0) is 20.1. The average Bonchev–Trinajstić information content (AvgIpc) is 3.27. The molecule has 6 heteroatoms. The van der Waals surface area contributed by atoms with Crippen molar-refractivity contribution >= 4 is 12.1 Å². The van der Waals surface area contributed by atoms with Crippen LogP contribution in [-0.4, -0.2) is 36.0 Å². The minimum Gasteiger partial charge on any atom is -0.484 e. The van der Waals surface area contributed by atoms with Gasteiger partial charge in [-0.05, 0) is 69.9 Å². The van der Waals surface area contributed by atoms with Crippen molar-refractivity contribution in [2.24, 2.45) is 5.10 Å². The van der Waals surface area contributed by atoms with Crippen molar-refractivity contribution in [2.75, 3.05) is 13.2 Å².